The molecule has 1 aromatic rings. The highest BCUT2D eigenvalue weighted by molar-refractivity contribution is 5.94. The molecule has 1 unspecified atom stereocenters. The number of likely N-dealkylation sites (N-methyl/N-ethyl adjacent to an activating group) is 1. The number of nitrogens with zero attached hydrogens (tertiary/aromatic N) is 2. The van der Waals surface area contributed by atoms with Gasteiger partial charge in [0.05, 0.1) is 24.1 Å². The Hall–Kier alpha value is -1.62. The third-order valence-electron chi connectivity index (χ3n) is 2.34. The number of aliphatic hydroxyl groups is 1. The molecule has 0 fully saturated rings. The molecular weight excluding hydrogens is 196 g/mol. The fraction of sp³-hybridized carbons (Fsp3) is 0.400. The van der Waals surface area contributed by atoms with E-state index in [2.05, 4.69) is 4.98 Å². The zero-order chi connectivity index (χ0) is 11.4. The van der Waals surface area contributed by atoms with Crippen molar-refractivity contribution in [3.8, 4) is 0 Å². The number of carbonyl (C=O) groups is 1. The smallest absolute Gasteiger partial charge is 0.337 e. The maximum Gasteiger partial charge on any atom is 0.337 e. The molecule has 1 atom stereocenters. The quantitative estimate of drug-likeness (QED) is 0.761. The van der Waals surface area contributed by atoms with Gasteiger partial charge in [-0.3, -0.25) is 4.98 Å². The Bertz CT molecular complexity index is 354. The van der Waals surface area contributed by atoms with E-state index in [4.69, 9.17) is 10.2 Å². The van der Waals surface area contributed by atoms with Crippen LogP contribution in [0.2, 0.25) is 0 Å². The molecule has 0 bridgehead atoms. The van der Waals surface area contributed by atoms with Gasteiger partial charge in [-0.15, -0.1) is 0 Å². The summed E-state index contributed by atoms with van der Waals surface area (Å²) in [5.74, 6) is -0.996. The molecule has 0 amide bonds. The SMILES string of the molecule is CC(CO)N(C)c1cnccc1C(=O)O. The predicted molar refractivity (Wildman–Crippen MR) is 56.1 cm³/mol. The summed E-state index contributed by atoms with van der Waals surface area (Å²) in [7, 11) is 1.73. The number of carboxylic acid groups (broad SMARTS) is 1. The van der Waals surface area contributed by atoms with Crippen LogP contribution in [0.15, 0.2) is 18.5 Å². The van der Waals surface area contributed by atoms with Crippen molar-refractivity contribution >= 4 is 11.7 Å². The molecule has 0 saturated heterocycles. The summed E-state index contributed by atoms with van der Waals surface area (Å²) in [6, 6.07) is 1.30. The number of hydrogen-bond donors (Lipinski definition) is 2. The highest BCUT2D eigenvalue weighted by atomic mass is 16.4. The van der Waals surface area contributed by atoms with Gasteiger partial charge in [0.1, 0.15) is 0 Å². The summed E-state index contributed by atoms with van der Waals surface area (Å²) in [5.41, 5.74) is 0.694. The van der Waals surface area contributed by atoms with Crippen LogP contribution >= 0.6 is 0 Å². The first-order chi connectivity index (χ1) is 7.07. The van der Waals surface area contributed by atoms with Crippen LogP contribution < -0.4 is 4.90 Å². The minimum atomic E-state index is -0.996. The first kappa shape index (κ1) is 11.5. The molecule has 1 heterocycles. The number of aliphatic hydroxyl groups excluding tert-OH is 1. The Morgan fingerprint density at radius 2 is 2.33 bits per heavy atom. The fourth-order valence-electron chi connectivity index (χ4n) is 1.21. The van der Waals surface area contributed by atoms with Crippen LogP contribution in [-0.4, -0.2) is 40.9 Å². The van der Waals surface area contributed by atoms with Crippen LogP contribution in [0, 0.1) is 0 Å². The first-order valence-corrected chi connectivity index (χ1v) is 4.59. The summed E-state index contributed by atoms with van der Waals surface area (Å²) in [6.45, 7) is 1.77. The van der Waals surface area contributed by atoms with Crippen LogP contribution in [0.4, 0.5) is 5.69 Å². The summed E-state index contributed by atoms with van der Waals surface area (Å²) < 4.78 is 0. The zero-order valence-corrected chi connectivity index (χ0v) is 8.71. The second-order valence-corrected chi connectivity index (χ2v) is 3.34. The first-order valence-electron chi connectivity index (χ1n) is 4.59. The molecule has 0 aliphatic rings. The fourth-order valence-corrected chi connectivity index (χ4v) is 1.21. The highest BCUT2D eigenvalue weighted by Gasteiger charge is 2.16. The van der Waals surface area contributed by atoms with Crippen molar-refractivity contribution in [1.82, 2.24) is 4.98 Å². The van der Waals surface area contributed by atoms with Crippen molar-refractivity contribution in [2.24, 2.45) is 0 Å². The number of aromatic nitrogens is 1. The maximum atomic E-state index is 10.9. The number of anilines is 1. The number of pyridine rings is 1. The topological polar surface area (TPSA) is 73.7 Å². The molecule has 1 aromatic heterocycles. The van der Waals surface area contributed by atoms with Gasteiger partial charge in [-0.2, -0.15) is 0 Å². The average Bonchev–Trinajstić information content (AvgIpc) is 2.27. The number of rotatable bonds is 4. The highest BCUT2D eigenvalue weighted by Crippen LogP contribution is 2.19. The van der Waals surface area contributed by atoms with Gasteiger partial charge in [-0.1, -0.05) is 0 Å². The molecule has 5 nitrogen and oxygen atoms in total. The second-order valence-electron chi connectivity index (χ2n) is 3.34. The molecule has 5 heteroatoms. The minimum Gasteiger partial charge on any atom is -0.478 e. The monoisotopic (exact) mass is 210 g/mol. The lowest BCUT2D eigenvalue weighted by Crippen LogP contribution is -2.33. The molecule has 0 aliphatic heterocycles. The van der Waals surface area contributed by atoms with Crippen LogP contribution in [0.1, 0.15) is 17.3 Å². The van der Waals surface area contributed by atoms with Crippen LogP contribution in [0.5, 0.6) is 0 Å². The molecule has 0 saturated carbocycles. The Labute approximate surface area is 88.0 Å². The molecule has 2 N–H and O–H groups in total. The van der Waals surface area contributed by atoms with E-state index in [-0.39, 0.29) is 18.2 Å². The Balaban J connectivity index is 3.07. The van der Waals surface area contributed by atoms with E-state index in [9.17, 15) is 4.79 Å². The van der Waals surface area contributed by atoms with Gasteiger partial charge in [0, 0.05) is 19.3 Å². The third-order valence-corrected chi connectivity index (χ3v) is 2.34. The molecule has 15 heavy (non-hydrogen) atoms. The normalized spacial score (nSPS) is 12.2. The third kappa shape index (κ3) is 2.44. The van der Waals surface area contributed by atoms with E-state index in [1.54, 1.807) is 18.9 Å². The van der Waals surface area contributed by atoms with E-state index in [0.29, 0.717) is 5.69 Å². The lowest BCUT2D eigenvalue weighted by atomic mass is 10.2. The summed E-state index contributed by atoms with van der Waals surface area (Å²) in [6.07, 6.45) is 2.92. The Morgan fingerprint density at radius 3 is 2.87 bits per heavy atom. The summed E-state index contributed by atoms with van der Waals surface area (Å²) >= 11 is 0. The van der Waals surface area contributed by atoms with Gasteiger partial charge in [0.2, 0.25) is 0 Å². The van der Waals surface area contributed by atoms with E-state index < -0.39 is 5.97 Å². The maximum absolute atomic E-state index is 10.9. The van der Waals surface area contributed by atoms with Crippen molar-refractivity contribution in [3.05, 3.63) is 24.0 Å². The van der Waals surface area contributed by atoms with E-state index in [0.717, 1.165) is 0 Å². The van der Waals surface area contributed by atoms with Gasteiger partial charge in [-0.25, -0.2) is 4.79 Å². The molecule has 0 radical (unpaired) electrons. The molecular formula is C10H14N2O3. The lowest BCUT2D eigenvalue weighted by molar-refractivity contribution is 0.0697. The average molecular weight is 210 g/mol. The van der Waals surface area contributed by atoms with Gasteiger partial charge in [0.15, 0.2) is 0 Å². The van der Waals surface area contributed by atoms with Crippen LogP contribution in [0.25, 0.3) is 0 Å². The van der Waals surface area contributed by atoms with Gasteiger partial charge in [-0.05, 0) is 13.0 Å². The number of carboxylic acids is 1. The number of hydrogen-bond acceptors (Lipinski definition) is 4. The van der Waals surface area contributed by atoms with Gasteiger partial charge < -0.3 is 15.1 Å². The van der Waals surface area contributed by atoms with Crippen molar-refractivity contribution < 1.29 is 15.0 Å². The van der Waals surface area contributed by atoms with Gasteiger partial charge in [0.25, 0.3) is 0 Å². The van der Waals surface area contributed by atoms with Crippen molar-refractivity contribution in [2.75, 3.05) is 18.6 Å². The molecule has 82 valence electrons. The molecule has 0 aliphatic carbocycles. The second kappa shape index (κ2) is 4.75. The standard InChI is InChI=1S/C10H14N2O3/c1-7(6-13)12(2)9-5-11-4-3-8(9)10(14)15/h3-5,7,13H,6H2,1-2H3,(H,14,15). The van der Waals surface area contributed by atoms with E-state index in [1.165, 1.54) is 18.5 Å². The summed E-state index contributed by atoms with van der Waals surface area (Å²) in [5, 5.41) is 17.9. The Kier molecular flexibility index (Phi) is 3.62. The Morgan fingerprint density at radius 1 is 1.67 bits per heavy atom. The number of aromatic carboxylic acids is 1. The summed E-state index contributed by atoms with van der Waals surface area (Å²) in [4.78, 5) is 16.5. The molecule has 0 spiro atoms. The van der Waals surface area contributed by atoms with Crippen LogP contribution in [-0.2, 0) is 0 Å². The zero-order valence-electron chi connectivity index (χ0n) is 8.71. The molecule has 0 aromatic carbocycles. The van der Waals surface area contributed by atoms with Crippen molar-refractivity contribution in [2.45, 2.75) is 13.0 Å². The van der Waals surface area contributed by atoms with Crippen molar-refractivity contribution in [1.29, 1.82) is 0 Å². The van der Waals surface area contributed by atoms with Gasteiger partial charge >= 0.3 is 5.97 Å². The van der Waals surface area contributed by atoms with E-state index in [1.807, 2.05) is 0 Å². The van der Waals surface area contributed by atoms with E-state index >= 15 is 0 Å². The minimum absolute atomic E-state index is 0.0372. The molecule has 1 rings (SSSR count). The largest absolute Gasteiger partial charge is 0.478 e. The predicted octanol–water partition coefficient (Wildman–Crippen LogP) is 0.597. The van der Waals surface area contributed by atoms with Crippen LogP contribution in [0.3, 0.4) is 0 Å². The van der Waals surface area contributed by atoms with Crippen molar-refractivity contribution in [3.63, 3.8) is 0 Å². The lowest BCUT2D eigenvalue weighted by Gasteiger charge is -2.26.